The van der Waals surface area contributed by atoms with Gasteiger partial charge in [-0.2, -0.15) is 9.61 Å². The number of aryl methyl sites for hydroxylation is 4. The number of rotatable bonds is 5. The molecule has 1 amide bonds. The van der Waals surface area contributed by atoms with Gasteiger partial charge in [-0.3, -0.25) is 14.5 Å². The Hall–Kier alpha value is -2.58. The van der Waals surface area contributed by atoms with Gasteiger partial charge in [0.1, 0.15) is 5.01 Å². The maximum atomic E-state index is 12.4. The number of fused-ring (bicyclic) bond motifs is 1. The smallest absolute Gasteiger partial charge is 0.275 e. The molecule has 3 aromatic rings. The minimum Gasteiger partial charge on any atom is -0.324 e. The number of nitrogens with one attached hydrogen (secondary N) is 1. The third-order valence-corrected chi connectivity index (χ3v) is 5.01. The third kappa shape index (κ3) is 4.40. The number of hydrogen-bond donors (Lipinski definition) is 1. The van der Waals surface area contributed by atoms with Crippen LogP contribution in [0.3, 0.4) is 0 Å². The highest BCUT2D eigenvalue weighted by Crippen LogP contribution is 2.21. The molecule has 27 heavy (non-hydrogen) atoms. The van der Waals surface area contributed by atoms with Gasteiger partial charge in [-0.15, -0.1) is 0 Å². The summed E-state index contributed by atoms with van der Waals surface area (Å²) in [4.78, 5) is 31.4. The Morgan fingerprint density at radius 3 is 2.52 bits per heavy atom. The molecule has 0 aliphatic heterocycles. The number of benzene rings is 1. The van der Waals surface area contributed by atoms with E-state index in [4.69, 9.17) is 0 Å². The van der Waals surface area contributed by atoms with Crippen LogP contribution in [0.5, 0.6) is 0 Å². The first-order valence-electron chi connectivity index (χ1n) is 8.65. The van der Waals surface area contributed by atoms with Gasteiger partial charge in [-0.25, -0.2) is 4.98 Å². The largest absolute Gasteiger partial charge is 0.324 e. The van der Waals surface area contributed by atoms with Crippen LogP contribution >= 0.6 is 11.3 Å². The summed E-state index contributed by atoms with van der Waals surface area (Å²) < 4.78 is 1.30. The quantitative estimate of drug-likeness (QED) is 0.730. The Labute approximate surface area is 161 Å². The minimum atomic E-state index is -0.205. The average Bonchev–Trinajstić information content (AvgIpc) is 2.91. The molecule has 2 heterocycles. The Bertz CT molecular complexity index is 1050. The Kier molecular flexibility index (Phi) is 5.38. The van der Waals surface area contributed by atoms with Gasteiger partial charge in [0.2, 0.25) is 10.9 Å². The molecule has 3 rings (SSSR count). The van der Waals surface area contributed by atoms with Crippen molar-refractivity contribution in [2.75, 3.05) is 18.9 Å². The van der Waals surface area contributed by atoms with Crippen molar-refractivity contribution in [3.63, 3.8) is 0 Å². The molecule has 0 spiro atoms. The molecule has 0 aliphatic rings. The third-order valence-electron chi connectivity index (χ3n) is 4.19. The monoisotopic (exact) mass is 385 g/mol. The van der Waals surface area contributed by atoms with Crippen molar-refractivity contribution in [1.29, 1.82) is 0 Å². The summed E-state index contributed by atoms with van der Waals surface area (Å²) in [5.41, 5.74) is 4.54. The highest BCUT2D eigenvalue weighted by atomic mass is 32.1. The van der Waals surface area contributed by atoms with E-state index in [0.717, 1.165) is 21.8 Å². The molecule has 142 valence electrons. The van der Waals surface area contributed by atoms with Crippen LogP contribution in [0.1, 0.15) is 27.4 Å². The molecule has 0 atom stereocenters. The molecule has 0 saturated carbocycles. The van der Waals surface area contributed by atoms with Crippen LogP contribution in [0, 0.1) is 27.7 Å². The first-order valence-corrected chi connectivity index (χ1v) is 9.47. The molecular formula is C19H23N5O2S. The van der Waals surface area contributed by atoms with Crippen molar-refractivity contribution in [3.8, 4) is 0 Å². The molecular weight excluding hydrogens is 362 g/mol. The molecule has 7 nitrogen and oxygen atoms in total. The molecule has 0 radical (unpaired) electrons. The van der Waals surface area contributed by atoms with Crippen LogP contribution < -0.4 is 10.9 Å². The van der Waals surface area contributed by atoms with E-state index in [2.05, 4.69) is 27.5 Å². The number of amides is 1. The fourth-order valence-corrected chi connectivity index (χ4v) is 3.93. The second-order valence-corrected chi connectivity index (χ2v) is 8.06. The van der Waals surface area contributed by atoms with E-state index in [1.54, 1.807) is 0 Å². The van der Waals surface area contributed by atoms with Crippen LogP contribution in [-0.2, 0) is 11.3 Å². The SMILES string of the molecule is Cc1cc(C)c(NC(=O)CN(C)Cc2cc(=O)n3nc(C)sc3n2)c(C)c1. The Morgan fingerprint density at radius 1 is 1.19 bits per heavy atom. The van der Waals surface area contributed by atoms with Crippen molar-refractivity contribution >= 4 is 27.9 Å². The second kappa shape index (κ2) is 7.58. The van der Waals surface area contributed by atoms with E-state index in [1.807, 2.05) is 39.6 Å². The lowest BCUT2D eigenvalue weighted by molar-refractivity contribution is -0.117. The van der Waals surface area contributed by atoms with Crippen LogP contribution in [-0.4, -0.2) is 39.0 Å². The van der Waals surface area contributed by atoms with Gasteiger partial charge < -0.3 is 5.32 Å². The summed E-state index contributed by atoms with van der Waals surface area (Å²) in [5, 5.41) is 7.91. The lowest BCUT2D eigenvalue weighted by Crippen LogP contribution is -2.31. The maximum absolute atomic E-state index is 12.4. The van der Waals surface area contributed by atoms with Crippen molar-refractivity contribution < 1.29 is 4.79 Å². The molecule has 1 N–H and O–H groups in total. The lowest BCUT2D eigenvalue weighted by atomic mass is 10.1. The maximum Gasteiger partial charge on any atom is 0.275 e. The van der Waals surface area contributed by atoms with Gasteiger partial charge in [-0.1, -0.05) is 29.0 Å². The number of aromatic nitrogens is 3. The van der Waals surface area contributed by atoms with Gasteiger partial charge >= 0.3 is 0 Å². The van der Waals surface area contributed by atoms with E-state index in [9.17, 15) is 9.59 Å². The zero-order valence-corrected chi connectivity index (χ0v) is 17.0. The van der Waals surface area contributed by atoms with Gasteiger partial charge in [-0.05, 0) is 45.9 Å². The molecule has 8 heteroatoms. The highest BCUT2D eigenvalue weighted by Gasteiger charge is 2.13. The van der Waals surface area contributed by atoms with Gasteiger partial charge in [0.05, 0.1) is 12.2 Å². The van der Waals surface area contributed by atoms with E-state index < -0.39 is 0 Å². The summed E-state index contributed by atoms with van der Waals surface area (Å²) >= 11 is 1.37. The van der Waals surface area contributed by atoms with Gasteiger partial charge in [0, 0.05) is 18.3 Å². The average molecular weight is 385 g/mol. The molecule has 0 aliphatic carbocycles. The minimum absolute atomic E-state index is 0.0982. The van der Waals surface area contributed by atoms with Crippen LogP contribution in [0.25, 0.3) is 4.96 Å². The van der Waals surface area contributed by atoms with E-state index >= 15 is 0 Å². The highest BCUT2D eigenvalue weighted by molar-refractivity contribution is 7.16. The zero-order valence-electron chi connectivity index (χ0n) is 16.2. The number of carbonyl (C=O) groups excluding carboxylic acids is 1. The summed E-state index contributed by atoms with van der Waals surface area (Å²) in [6.45, 7) is 8.46. The van der Waals surface area contributed by atoms with Crippen LogP contribution in [0.2, 0.25) is 0 Å². The van der Waals surface area contributed by atoms with Crippen molar-refractivity contribution in [1.82, 2.24) is 19.5 Å². The van der Waals surface area contributed by atoms with E-state index in [-0.39, 0.29) is 18.0 Å². The fraction of sp³-hybridized carbons (Fsp3) is 0.368. The molecule has 0 bridgehead atoms. The zero-order chi connectivity index (χ0) is 19.7. The summed E-state index contributed by atoms with van der Waals surface area (Å²) in [7, 11) is 1.83. The number of carbonyl (C=O) groups is 1. The first kappa shape index (κ1) is 19.2. The normalized spacial score (nSPS) is 11.3. The van der Waals surface area contributed by atoms with Crippen molar-refractivity contribution in [2.24, 2.45) is 0 Å². The molecule has 0 unspecified atom stereocenters. The Balaban J connectivity index is 1.68. The van der Waals surface area contributed by atoms with Gasteiger partial charge in [0.15, 0.2) is 0 Å². The predicted molar refractivity (Wildman–Crippen MR) is 107 cm³/mol. The van der Waals surface area contributed by atoms with Gasteiger partial charge in [0.25, 0.3) is 5.56 Å². The number of anilines is 1. The lowest BCUT2D eigenvalue weighted by Gasteiger charge is -2.17. The second-order valence-electron chi connectivity index (χ2n) is 6.90. The molecule has 1 aromatic carbocycles. The topological polar surface area (TPSA) is 79.6 Å². The predicted octanol–water partition coefficient (Wildman–Crippen LogP) is 2.46. The fourth-order valence-electron chi connectivity index (χ4n) is 3.17. The molecule has 0 fully saturated rings. The summed E-state index contributed by atoms with van der Waals surface area (Å²) in [6.07, 6.45) is 0. The number of hydrogen-bond acceptors (Lipinski definition) is 6. The van der Waals surface area contributed by atoms with Crippen LogP contribution in [0.4, 0.5) is 5.69 Å². The summed E-state index contributed by atoms with van der Waals surface area (Å²) in [6, 6.07) is 5.57. The molecule has 0 saturated heterocycles. The first-order chi connectivity index (χ1) is 12.7. The molecule has 2 aromatic heterocycles. The van der Waals surface area contributed by atoms with Crippen LogP contribution in [0.15, 0.2) is 23.0 Å². The van der Waals surface area contributed by atoms with Crippen molar-refractivity contribution in [3.05, 3.63) is 55.9 Å². The number of nitrogens with zero attached hydrogens (tertiary/aromatic N) is 4. The van der Waals surface area contributed by atoms with Crippen molar-refractivity contribution in [2.45, 2.75) is 34.2 Å². The Morgan fingerprint density at radius 2 is 1.85 bits per heavy atom. The standard InChI is InChI=1S/C19H23N5O2S/c1-11-6-12(2)18(13(3)7-11)21-16(25)10-23(5)9-15-8-17(26)24-19(20-15)27-14(4)22-24/h6-8H,9-10H2,1-5H3,(H,21,25). The number of likely N-dealkylation sites (N-methyl/N-ethyl adjacent to an activating group) is 1. The summed E-state index contributed by atoms with van der Waals surface area (Å²) in [5.74, 6) is -0.0982. The van der Waals surface area contributed by atoms with E-state index in [1.165, 1.54) is 27.5 Å². The van der Waals surface area contributed by atoms with E-state index in [0.29, 0.717) is 17.2 Å².